The first kappa shape index (κ1) is 40.2. The van der Waals surface area contributed by atoms with E-state index in [1.807, 2.05) is 29.2 Å². The van der Waals surface area contributed by atoms with Crippen LogP contribution in [0.2, 0.25) is 0 Å². The van der Waals surface area contributed by atoms with Gasteiger partial charge in [-0.05, 0) is 87.1 Å². The Morgan fingerprint density at radius 2 is 1.64 bits per heavy atom. The summed E-state index contributed by atoms with van der Waals surface area (Å²) in [5, 5.41) is 14.8. The minimum absolute atomic E-state index is 0.0343. The van der Waals surface area contributed by atoms with Gasteiger partial charge in [-0.3, -0.25) is 19.3 Å². The Morgan fingerprint density at radius 1 is 0.981 bits per heavy atom. The van der Waals surface area contributed by atoms with Crippen molar-refractivity contribution in [2.75, 3.05) is 45.9 Å². The third-order valence-corrected chi connectivity index (χ3v) is 11.4. The Hall–Kier alpha value is -4.01. The van der Waals surface area contributed by atoms with Gasteiger partial charge in [-0.25, -0.2) is 4.79 Å². The highest BCUT2D eigenvalue weighted by molar-refractivity contribution is 7.20. The maximum atomic E-state index is 14.1. The van der Waals surface area contributed by atoms with Crippen molar-refractivity contribution in [2.24, 2.45) is 5.92 Å². The fourth-order valence-electron chi connectivity index (χ4n) is 7.32. The van der Waals surface area contributed by atoms with Crippen LogP contribution < -0.4 is 10.6 Å². The van der Waals surface area contributed by atoms with E-state index in [0.29, 0.717) is 36.8 Å². The molecule has 14 heteroatoms. The van der Waals surface area contributed by atoms with Crippen molar-refractivity contribution in [3.63, 3.8) is 0 Å². The molecular weight excluding hydrogens is 710 g/mol. The Morgan fingerprint density at radius 3 is 2.28 bits per heavy atom. The van der Waals surface area contributed by atoms with E-state index in [1.165, 1.54) is 22.5 Å². The standard InChI is InChI=1S/C37H48N4O4S.C2HF3O2/c1-27-11-12-30-26-33(46-32(30)24-27)34(42)39-37(15-5-6-16-37)36(44)38-31(25-28-8-3-2-4-9-28)10-7-17-40-18-20-41(21-19-40)35(43)29-13-22-45-23-14-29;3-2(4,5)1(6)7/h2-4,8-9,11-12,24,26,29,31H,5-7,10,13-23,25H2,1H3,(H,38,44)(H,39,42);(H,6,7)/t31-;/m0./s1. The summed E-state index contributed by atoms with van der Waals surface area (Å²) in [4.78, 5) is 54.6. The number of amides is 3. The number of fused-ring (bicyclic) bond motifs is 1. The molecule has 0 bridgehead atoms. The van der Waals surface area contributed by atoms with Gasteiger partial charge in [-0.1, -0.05) is 55.3 Å². The van der Waals surface area contributed by atoms with Crippen molar-refractivity contribution in [2.45, 2.75) is 82.5 Å². The van der Waals surface area contributed by atoms with Crippen LogP contribution in [-0.4, -0.2) is 102 Å². The number of aryl methyl sites for hydroxylation is 1. The summed E-state index contributed by atoms with van der Waals surface area (Å²) in [7, 11) is 0. The molecule has 288 valence electrons. The Kier molecular flexibility index (Phi) is 13.9. The highest BCUT2D eigenvalue weighted by Crippen LogP contribution is 2.33. The van der Waals surface area contributed by atoms with Crippen LogP contribution in [0.1, 0.15) is 72.2 Å². The Bertz CT molecular complexity index is 1700. The predicted molar refractivity (Wildman–Crippen MR) is 197 cm³/mol. The van der Waals surface area contributed by atoms with Crippen molar-refractivity contribution >= 4 is 45.1 Å². The number of ether oxygens (including phenoxy) is 1. The summed E-state index contributed by atoms with van der Waals surface area (Å²) in [6, 6.07) is 18.5. The number of alkyl halides is 3. The van der Waals surface area contributed by atoms with Crippen LogP contribution >= 0.6 is 11.3 Å². The first-order chi connectivity index (χ1) is 25.3. The Labute approximate surface area is 312 Å². The molecule has 2 aliphatic heterocycles. The molecule has 2 aromatic carbocycles. The number of nitrogens with one attached hydrogen (secondary N) is 2. The summed E-state index contributed by atoms with van der Waals surface area (Å²) in [5.74, 6) is -2.57. The minimum Gasteiger partial charge on any atom is -0.475 e. The van der Waals surface area contributed by atoms with Gasteiger partial charge in [0.1, 0.15) is 5.54 Å². The predicted octanol–water partition coefficient (Wildman–Crippen LogP) is 5.96. The first-order valence-corrected chi connectivity index (χ1v) is 19.2. The lowest BCUT2D eigenvalue weighted by Crippen LogP contribution is -2.59. The summed E-state index contributed by atoms with van der Waals surface area (Å²) < 4.78 is 38.3. The second-order valence-electron chi connectivity index (χ2n) is 14.3. The molecule has 3 N–H and O–H groups in total. The van der Waals surface area contributed by atoms with E-state index in [4.69, 9.17) is 14.6 Å². The lowest BCUT2D eigenvalue weighted by molar-refractivity contribution is -0.192. The van der Waals surface area contributed by atoms with Crippen molar-refractivity contribution < 1.29 is 42.2 Å². The summed E-state index contributed by atoms with van der Waals surface area (Å²) >= 11 is 1.49. The van der Waals surface area contributed by atoms with E-state index >= 15 is 0 Å². The molecule has 53 heavy (non-hydrogen) atoms. The molecule has 1 aliphatic carbocycles. The normalized spacial score (nSPS) is 18.5. The van der Waals surface area contributed by atoms with Gasteiger partial charge in [-0.15, -0.1) is 11.3 Å². The van der Waals surface area contributed by atoms with E-state index in [9.17, 15) is 27.6 Å². The molecule has 3 aliphatic rings. The average Bonchev–Trinajstić information content (AvgIpc) is 3.80. The third-order valence-electron chi connectivity index (χ3n) is 10.3. The summed E-state index contributed by atoms with van der Waals surface area (Å²) in [6.07, 6.45) is 2.30. The first-order valence-electron chi connectivity index (χ1n) is 18.4. The number of carboxylic acid groups (broad SMARTS) is 1. The molecule has 0 unspecified atom stereocenters. The molecule has 1 saturated carbocycles. The molecule has 2 saturated heterocycles. The molecule has 3 amide bonds. The number of halogens is 3. The number of piperazine rings is 1. The fraction of sp³-hybridized carbons (Fsp3) is 0.538. The number of carbonyl (C=O) groups is 4. The van der Waals surface area contributed by atoms with E-state index in [-0.39, 0.29) is 23.8 Å². The van der Waals surface area contributed by atoms with E-state index < -0.39 is 17.7 Å². The molecule has 0 spiro atoms. The van der Waals surface area contributed by atoms with Gasteiger partial charge in [0.15, 0.2) is 0 Å². The van der Waals surface area contributed by atoms with Crippen LogP contribution in [0.3, 0.4) is 0 Å². The van der Waals surface area contributed by atoms with Gasteiger partial charge >= 0.3 is 12.1 Å². The quantitative estimate of drug-likeness (QED) is 0.220. The van der Waals surface area contributed by atoms with Crippen LogP contribution in [0.15, 0.2) is 54.6 Å². The van der Waals surface area contributed by atoms with Gasteiger partial charge < -0.3 is 25.4 Å². The summed E-state index contributed by atoms with van der Waals surface area (Å²) in [6.45, 7) is 7.71. The molecule has 10 nitrogen and oxygen atoms in total. The largest absolute Gasteiger partial charge is 0.490 e. The number of rotatable bonds is 11. The lowest BCUT2D eigenvalue weighted by atomic mass is 9.94. The van der Waals surface area contributed by atoms with Crippen LogP contribution in [0, 0.1) is 12.8 Å². The van der Waals surface area contributed by atoms with Crippen LogP contribution in [-0.2, 0) is 25.5 Å². The zero-order chi connectivity index (χ0) is 38.0. The topological polar surface area (TPSA) is 128 Å². The maximum Gasteiger partial charge on any atom is 0.490 e. The average molecular weight is 759 g/mol. The molecule has 0 radical (unpaired) electrons. The van der Waals surface area contributed by atoms with Crippen molar-refractivity contribution in [3.05, 3.63) is 70.6 Å². The molecule has 3 fully saturated rings. The molecule has 1 aromatic heterocycles. The number of nitrogens with zero attached hydrogens (tertiary/aromatic N) is 2. The second kappa shape index (κ2) is 18.4. The highest BCUT2D eigenvalue weighted by atomic mass is 32.1. The van der Waals surface area contributed by atoms with Crippen molar-refractivity contribution in [1.29, 1.82) is 0 Å². The zero-order valence-electron chi connectivity index (χ0n) is 30.1. The molecular formula is C39H49F3N4O6S. The van der Waals surface area contributed by atoms with E-state index in [1.54, 1.807) is 0 Å². The number of hydrogen-bond donors (Lipinski definition) is 3. The number of hydrogen-bond acceptors (Lipinski definition) is 7. The fourth-order valence-corrected chi connectivity index (χ4v) is 8.38. The van der Waals surface area contributed by atoms with Gasteiger partial charge in [0, 0.05) is 56.1 Å². The van der Waals surface area contributed by atoms with E-state index in [0.717, 1.165) is 87.8 Å². The molecule has 1 atom stereocenters. The van der Waals surface area contributed by atoms with Gasteiger partial charge in [-0.2, -0.15) is 13.2 Å². The van der Waals surface area contributed by atoms with Crippen LogP contribution in [0.5, 0.6) is 0 Å². The number of thiophene rings is 1. The molecule has 3 heterocycles. The summed E-state index contributed by atoms with van der Waals surface area (Å²) in [5.41, 5.74) is 1.48. The van der Waals surface area contributed by atoms with Crippen molar-refractivity contribution in [3.8, 4) is 0 Å². The zero-order valence-corrected chi connectivity index (χ0v) is 30.9. The third kappa shape index (κ3) is 11.2. The monoisotopic (exact) mass is 758 g/mol. The SMILES string of the molecule is Cc1ccc2cc(C(=O)NC3(C(=O)N[C@@H](CCCN4CCN(C(=O)C5CCOCC5)CC4)Cc4ccccc4)CCCC3)sc2c1.O=C(O)C(F)(F)F. The lowest BCUT2D eigenvalue weighted by Gasteiger charge is -2.37. The number of carbonyl (C=O) groups excluding carboxylic acids is 3. The van der Waals surface area contributed by atoms with Crippen molar-refractivity contribution in [1.82, 2.24) is 20.4 Å². The number of benzene rings is 2. The maximum absolute atomic E-state index is 14.1. The highest BCUT2D eigenvalue weighted by Gasteiger charge is 2.43. The smallest absolute Gasteiger partial charge is 0.475 e. The number of carboxylic acids is 1. The minimum atomic E-state index is -5.08. The van der Waals surface area contributed by atoms with Crippen LogP contribution in [0.25, 0.3) is 10.1 Å². The second-order valence-corrected chi connectivity index (χ2v) is 15.3. The molecule has 3 aromatic rings. The number of aliphatic carboxylic acids is 1. The van der Waals surface area contributed by atoms with Gasteiger partial charge in [0.05, 0.1) is 4.88 Å². The van der Waals surface area contributed by atoms with E-state index in [2.05, 4.69) is 52.8 Å². The Balaban J connectivity index is 0.000000705. The van der Waals surface area contributed by atoms with Gasteiger partial charge in [0.25, 0.3) is 5.91 Å². The molecule has 6 rings (SSSR count). The van der Waals surface area contributed by atoms with Gasteiger partial charge in [0.2, 0.25) is 11.8 Å². The van der Waals surface area contributed by atoms with Crippen LogP contribution in [0.4, 0.5) is 13.2 Å².